The van der Waals surface area contributed by atoms with E-state index in [0.717, 1.165) is 48.7 Å². The predicted octanol–water partition coefficient (Wildman–Crippen LogP) is 2.86. The first-order chi connectivity index (χ1) is 15.4. The van der Waals surface area contributed by atoms with Gasteiger partial charge in [0, 0.05) is 57.5 Å². The molecule has 170 valence electrons. The highest BCUT2D eigenvalue weighted by Crippen LogP contribution is 2.42. The van der Waals surface area contributed by atoms with Gasteiger partial charge in [-0.15, -0.1) is 0 Å². The van der Waals surface area contributed by atoms with Gasteiger partial charge in [0.25, 0.3) is 5.91 Å². The molecule has 0 saturated carbocycles. The van der Waals surface area contributed by atoms with E-state index in [4.69, 9.17) is 16.3 Å². The summed E-state index contributed by atoms with van der Waals surface area (Å²) >= 11 is 6.15. The Morgan fingerprint density at radius 3 is 2.75 bits per heavy atom. The van der Waals surface area contributed by atoms with E-state index in [1.807, 2.05) is 23.1 Å². The normalized spacial score (nSPS) is 24.4. The zero-order chi connectivity index (χ0) is 22.5. The lowest BCUT2D eigenvalue weighted by Gasteiger charge is -2.41. The molecule has 8 heteroatoms. The second kappa shape index (κ2) is 8.21. The zero-order valence-electron chi connectivity index (χ0n) is 18.0. The number of fused-ring (bicyclic) bond motifs is 1. The minimum Gasteiger partial charge on any atom is -0.487 e. The summed E-state index contributed by atoms with van der Waals surface area (Å²) in [4.78, 5) is 16.5. The van der Waals surface area contributed by atoms with E-state index in [2.05, 4.69) is 10.2 Å². The van der Waals surface area contributed by atoms with E-state index in [0.29, 0.717) is 24.3 Å². The summed E-state index contributed by atoms with van der Waals surface area (Å²) in [6, 6.07) is 9.87. The van der Waals surface area contributed by atoms with Crippen molar-refractivity contribution >= 4 is 23.2 Å². The molecule has 0 aromatic heterocycles. The molecule has 2 aromatic carbocycles. The molecule has 1 spiro atoms. The summed E-state index contributed by atoms with van der Waals surface area (Å²) in [7, 11) is 1.55. The highest BCUT2D eigenvalue weighted by molar-refractivity contribution is 6.30. The summed E-state index contributed by atoms with van der Waals surface area (Å²) in [5.74, 6) is 0.252. The van der Waals surface area contributed by atoms with Crippen LogP contribution in [0.1, 0.15) is 28.8 Å². The second-order valence-corrected chi connectivity index (χ2v) is 9.47. The molecule has 2 saturated heterocycles. The van der Waals surface area contributed by atoms with Crippen LogP contribution in [0.25, 0.3) is 0 Å². The van der Waals surface area contributed by atoms with Gasteiger partial charge in [-0.2, -0.15) is 0 Å². The van der Waals surface area contributed by atoms with E-state index in [1.54, 1.807) is 7.05 Å². The third-order valence-electron chi connectivity index (χ3n) is 7.07. The molecule has 2 fully saturated rings. The van der Waals surface area contributed by atoms with Crippen LogP contribution in [0, 0.1) is 5.82 Å². The number of nitrogens with zero attached hydrogens (tertiary/aromatic N) is 2. The minimum absolute atomic E-state index is 0.0774. The van der Waals surface area contributed by atoms with Gasteiger partial charge >= 0.3 is 0 Å². The van der Waals surface area contributed by atoms with Gasteiger partial charge in [-0.05, 0) is 42.0 Å². The maximum Gasteiger partial charge on any atom is 0.253 e. The van der Waals surface area contributed by atoms with E-state index >= 15 is 0 Å². The first-order valence-electron chi connectivity index (χ1n) is 11.0. The first kappa shape index (κ1) is 21.5. The number of rotatable bonds is 3. The molecule has 1 amide bonds. The molecule has 3 aliphatic rings. The Morgan fingerprint density at radius 1 is 1.22 bits per heavy atom. The number of carbonyl (C=O) groups is 1. The van der Waals surface area contributed by atoms with Gasteiger partial charge in [-0.3, -0.25) is 9.69 Å². The largest absolute Gasteiger partial charge is 0.487 e. The fourth-order valence-electron chi connectivity index (χ4n) is 5.36. The fraction of sp³-hybridized carbons (Fsp3) is 0.458. The van der Waals surface area contributed by atoms with E-state index in [1.165, 1.54) is 18.2 Å². The van der Waals surface area contributed by atoms with Crippen molar-refractivity contribution in [3.8, 4) is 5.75 Å². The van der Waals surface area contributed by atoms with Gasteiger partial charge < -0.3 is 20.1 Å². The van der Waals surface area contributed by atoms with Crippen LogP contribution in [-0.4, -0.2) is 66.9 Å². The molecule has 5 rings (SSSR count). The number of nitrogens with one attached hydrogen (secondary N) is 1. The fourth-order valence-corrected chi connectivity index (χ4v) is 5.56. The average molecular weight is 460 g/mol. The molecule has 0 radical (unpaired) electrons. The lowest BCUT2D eigenvalue weighted by molar-refractivity contribution is -0.0107. The van der Waals surface area contributed by atoms with Crippen LogP contribution < -0.4 is 15.0 Å². The Kier molecular flexibility index (Phi) is 5.51. The van der Waals surface area contributed by atoms with Crippen LogP contribution in [0.3, 0.4) is 0 Å². The Balaban J connectivity index is 1.27. The Hall–Kier alpha value is -2.35. The average Bonchev–Trinajstić information content (AvgIpc) is 3.33. The highest BCUT2D eigenvalue weighted by Gasteiger charge is 2.45. The molecule has 2 atom stereocenters. The van der Waals surface area contributed by atoms with Crippen LogP contribution in [0.5, 0.6) is 5.75 Å². The van der Waals surface area contributed by atoms with Crippen molar-refractivity contribution in [1.82, 2.24) is 10.2 Å². The summed E-state index contributed by atoms with van der Waals surface area (Å²) < 4.78 is 20.3. The molecular weight excluding hydrogens is 433 g/mol. The van der Waals surface area contributed by atoms with Gasteiger partial charge in [-0.25, -0.2) is 4.39 Å². The van der Waals surface area contributed by atoms with Crippen molar-refractivity contribution in [3.05, 3.63) is 58.4 Å². The quantitative estimate of drug-likeness (QED) is 0.739. The van der Waals surface area contributed by atoms with Crippen LogP contribution in [0.4, 0.5) is 10.1 Å². The number of anilines is 1. The summed E-state index contributed by atoms with van der Waals surface area (Å²) in [5.41, 5.74) is 1.88. The number of benzene rings is 2. The van der Waals surface area contributed by atoms with Crippen LogP contribution >= 0.6 is 11.6 Å². The molecule has 2 N–H and O–H groups in total. The van der Waals surface area contributed by atoms with Gasteiger partial charge in [0.05, 0.1) is 23.4 Å². The zero-order valence-corrected chi connectivity index (χ0v) is 18.7. The number of β-amino-alcohol motifs (C(OH)–C–C–N with tert-alkyl or cyclic N) is 1. The number of likely N-dealkylation sites (tertiary alicyclic amines) is 1. The topological polar surface area (TPSA) is 65.0 Å². The van der Waals surface area contributed by atoms with Crippen molar-refractivity contribution in [1.29, 1.82) is 0 Å². The number of hydrogen-bond donors (Lipinski definition) is 2. The van der Waals surface area contributed by atoms with E-state index in [-0.39, 0.29) is 17.6 Å². The van der Waals surface area contributed by atoms with Gasteiger partial charge in [0.1, 0.15) is 17.2 Å². The van der Waals surface area contributed by atoms with Crippen molar-refractivity contribution in [2.45, 2.75) is 37.0 Å². The third kappa shape index (κ3) is 3.83. The lowest BCUT2D eigenvalue weighted by Crippen LogP contribution is -2.53. The van der Waals surface area contributed by atoms with Crippen LogP contribution in [0.2, 0.25) is 5.02 Å². The third-order valence-corrected chi connectivity index (χ3v) is 7.31. The van der Waals surface area contributed by atoms with Gasteiger partial charge in [0.15, 0.2) is 0 Å². The molecule has 32 heavy (non-hydrogen) atoms. The molecule has 2 aromatic rings. The molecular formula is C24H27ClFN3O3. The Morgan fingerprint density at radius 2 is 2.00 bits per heavy atom. The van der Waals surface area contributed by atoms with E-state index < -0.39 is 11.9 Å². The van der Waals surface area contributed by atoms with Gasteiger partial charge in [-0.1, -0.05) is 11.6 Å². The number of aliphatic hydroxyl groups is 1. The molecule has 1 unspecified atom stereocenters. The molecule has 3 aliphatic heterocycles. The number of halogens is 2. The smallest absolute Gasteiger partial charge is 0.253 e. The molecule has 6 nitrogen and oxygen atoms in total. The highest BCUT2D eigenvalue weighted by atomic mass is 35.5. The Labute approximate surface area is 191 Å². The number of carbonyl (C=O) groups excluding carboxylic acids is 1. The standard InChI is InChI=1S/C24H27ClFN3O3/c1-27-23(31)18-4-3-17(26)11-19(18)29-13-20(21(30)14-29)28-8-6-24(7-9-28)12-15-10-16(25)2-5-22(15)32-24/h2-5,10-11,20-21,30H,6-9,12-14H2,1H3,(H,27,31)/t20?,21-/m1/s1. The van der Waals surface area contributed by atoms with Gasteiger partial charge in [0.2, 0.25) is 0 Å². The van der Waals surface area contributed by atoms with Crippen LogP contribution in [-0.2, 0) is 6.42 Å². The van der Waals surface area contributed by atoms with Crippen molar-refractivity contribution in [3.63, 3.8) is 0 Å². The first-order valence-corrected chi connectivity index (χ1v) is 11.4. The number of aliphatic hydroxyl groups excluding tert-OH is 1. The summed E-state index contributed by atoms with van der Waals surface area (Å²) in [6.07, 6.45) is 2.01. The second-order valence-electron chi connectivity index (χ2n) is 9.03. The lowest BCUT2D eigenvalue weighted by atomic mass is 9.86. The monoisotopic (exact) mass is 459 g/mol. The maximum atomic E-state index is 14.0. The summed E-state index contributed by atoms with van der Waals surface area (Å²) in [6.45, 7) is 2.52. The van der Waals surface area contributed by atoms with Crippen molar-refractivity contribution in [2.24, 2.45) is 0 Å². The SMILES string of the molecule is CNC(=O)c1ccc(F)cc1N1CC(N2CCC3(CC2)Cc2cc(Cl)ccc2O3)[C@H](O)C1. The van der Waals surface area contributed by atoms with Crippen molar-refractivity contribution < 1.29 is 19.0 Å². The number of piperidine rings is 1. The molecule has 0 bridgehead atoms. The summed E-state index contributed by atoms with van der Waals surface area (Å²) in [5, 5.41) is 14.2. The molecule has 3 heterocycles. The minimum atomic E-state index is -0.578. The number of hydrogen-bond acceptors (Lipinski definition) is 5. The Bertz CT molecular complexity index is 1040. The maximum absolute atomic E-state index is 14.0. The van der Waals surface area contributed by atoms with Crippen LogP contribution in [0.15, 0.2) is 36.4 Å². The number of ether oxygens (including phenoxy) is 1. The van der Waals surface area contributed by atoms with E-state index in [9.17, 15) is 14.3 Å². The van der Waals surface area contributed by atoms with Crippen molar-refractivity contribution in [2.75, 3.05) is 38.1 Å². The molecule has 0 aliphatic carbocycles. The predicted molar refractivity (Wildman–Crippen MR) is 121 cm³/mol. The number of amides is 1.